The number of hydrogen-bond donors (Lipinski definition) is 2. The molecule has 1 atom stereocenters. The molecule has 3 N–H and O–H groups in total. The second-order valence-corrected chi connectivity index (χ2v) is 11.2. The van der Waals surface area contributed by atoms with Gasteiger partial charge in [0.2, 0.25) is 11.8 Å². The van der Waals surface area contributed by atoms with Gasteiger partial charge in [0.1, 0.15) is 12.1 Å². The normalized spacial score (nSPS) is 17.1. The summed E-state index contributed by atoms with van der Waals surface area (Å²) >= 11 is 5.98. The van der Waals surface area contributed by atoms with Crippen LogP contribution in [0.5, 0.6) is 0 Å². The predicted molar refractivity (Wildman–Crippen MR) is 160 cm³/mol. The minimum absolute atomic E-state index is 0.00663. The van der Waals surface area contributed by atoms with Crippen LogP contribution in [-0.2, 0) is 27.2 Å². The van der Waals surface area contributed by atoms with Crippen molar-refractivity contribution in [2.75, 3.05) is 37.7 Å². The molecule has 2 heterocycles. The zero-order chi connectivity index (χ0) is 28.8. The third-order valence-corrected chi connectivity index (χ3v) is 8.34. The van der Waals surface area contributed by atoms with Gasteiger partial charge < -0.3 is 25.8 Å². The van der Waals surface area contributed by atoms with E-state index in [4.69, 9.17) is 17.3 Å². The Morgan fingerprint density at radius 2 is 1.54 bits per heavy atom. The van der Waals surface area contributed by atoms with E-state index in [1.807, 2.05) is 72.8 Å². The van der Waals surface area contributed by atoms with E-state index in [1.54, 1.807) is 21.9 Å². The number of rotatable bonds is 9. The van der Waals surface area contributed by atoms with Crippen LogP contribution in [0.15, 0.2) is 84.9 Å². The number of para-hydroxylation sites is 1. The van der Waals surface area contributed by atoms with Crippen molar-refractivity contribution in [3.8, 4) is 0 Å². The third kappa shape index (κ3) is 6.55. The Morgan fingerprint density at radius 3 is 2.20 bits per heavy atom. The minimum Gasteiger partial charge on any atom is -0.354 e. The molecule has 9 heteroatoms. The molecule has 0 unspecified atom stereocenters. The molecule has 1 spiro atoms. The van der Waals surface area contributed by atoms with Gasteiger partial charge in [-0.25, -0.2) is 0 Å². The fourth-order valence-corrected chi connectivity index (χ4v) is 5.96. The van der Waals surface area contributed by atoms with E-state index in [-0.39, 0.29) is 24.3 Å². The van der Waals surface area contributed by atoms with Gasteiger partial charge in [-0.3, -0.25) is 14.4 Å². The van der Waals surface area contributed by atoms with Gasteiger partial charge in [-0.1, -0.05) is 72.3 Å². The van der Waals surface area contributed by atoms with Gasteiger partial charge in [-0.2, -0.15) is 0 Å². The highest BCUT2D eigenvalue weighted by molar-refractivity contribution is 6.30. The average molecular weight is 574 g/mol. The van der Waals surface area contributed by atoms with E-state index in [0.29, 0.717) is 50.6 Å². The molecule has 0 aliphatic carbocycles. The quantitative estimate of drug-likeness (QED) is 0.409. The molecule has 2 saturated heterocycles. The molecule has 3 amide bonds. The predicted octanol–water partition coefficient (Wildman–Crippen LogP) is 3.24. The number of halogens is 1. The SMILES string of the molecule is N[C@H](Cc1ccc(Cl)cc1)C(=O)N1CCC2(CC1)C(=O)N(CC(=O)NCCc1ccccc1)CN2c1ccccc1. The summed E-state index contributed by atoms with van der Waals surface area (Å²) in [6.07, 6.45) is 2.07. The molecule has 5 rings (SSSR count). The smallest absolute Gasteiger partial charge is 0.250 e. The summed E-state index contributed by atoms with van der Waals surface area (Å²) in [5.74, 6) is -0.376. The number of likely N-dealkylation sites (tertiary alicyclic amines) is 1. The number of carbonyl (C=O) groups excluding carboxylic acids is 3. The largest absolute Gasteiger partial charge is 0.354 e. The van der Waals surface area contributed by atoms with Crippen LogP contribution in [0.1, 0.15) is 24.0 Å². The van der Waals surface area contributed by atoms with Crippen LogP contribution in [-0.4, -0.2) is 71.9 Å². The summed E-state index contributed by atoms with van der Waals surface area (Å²) < 4.78 is 0. The lowest BCUT2D eigenvalue weighted by molar-refractivity contribution is -0.140. The fraction of sp³-hybridized carbons (Fsp3) is 0.344. The fourth-order valence-electron chi connectivity index (χ4n) is 5.84. The first-order valence-corrected chi connectivity index (χ1v) is 14.4. The second-order valence-electron chi connectivity index (χ2n) is 10.8. The first-order chi connectivity index (χ1) is 19.9. The molecule has 3 aromatic rings. The third-order valence-electron chi connectivity index (χ3n) is 8.08. The first-order valence-electron chi connectivity index (χ1n) is 14.1. The number of anilines is 1. The van der Waals surface area contributed by atoms with Gasteiger partial charge in [0.05, 0.1) is 12.7 Å². The van der Waals surface area contributed by atoms with Crippen molar-refractivity contribution < 1.29 is 14.4 Å². The van der Waals surface area contributed by atoms with Crippen LogP contribution in [0.4, 0.5) is 5.69 Å². The van der Waals surface area contributed by atoms with Crippen LogP contribution in [0.25, 0.3) is 0 Å². The molecule has 2 aliphatic heterocycles. The Hall–Kier alpha value is -3.88. The van der Waals surface area contributed by atoms with Gasteiger partial charge in [-0.05, 0) is 61.1 Å². The molecule has 0 saturated carbocycles. The average Bonchev–Trinajstić information content (AvgIpc) is 3.25. The van der Waals surface area contributed by atoms with Gasteiger partial charge in [0, 0.05) is 30.3 Å². The highest BCUT2D eigenvalue weighted by Crippen LogP contribution is 2.39. The topological polar surface area (TPSA) is 99.0 Å². The van der Waals surface area contributed by atoms with E-state index in [0.717, 1.165) is 23.2 Å². The van der Waals surface area contributed by atoms with E-state index in [9.17, 15) is 14.4 Å². The molecule has 0 radical (unpaired) electrons. The van der Waals surface area contributed by atoms with Crippen molar-refractivity contribution in [1.82, 2.24) is 15.1 Å². The minimum atomic E-state index is -0.817. The van der Waals surface area contributed by atoms with E-state index in [2.05, 4.69) is 10.2 Å². The Bertz CT molecular complexity index is 1340. The first kappa shape index (κ1) is 28.6. The van der Waals surface area contributed by atoms with Crippen molar-refractivity contribution in [2.45, 2.75) is 37.3 Å². The lowest BCUT2D eigenvalue weighted by Gasteiger charge is -2.43. The summed E-state index contributed by atoms with van der Waals surface area (Å²) in [5.41, 5.74) is 8.51. The maximum absolute atomic E-state index is 13.9. The Kier molecular flexibility index (Phi) is 8.90. The second kappa shape index (κ2) is 12.7. The van der Waals surface area contributed by atoms with Crippen molar-refractivity contribution in [1.29, 1.82) is 0 Å². The Labute approximate surface area is 246 Å². The van der Waals surface area contributed by atoms with Crippen LogP contribution in [0, 0.1) is 0 Å². The van der Waals surface area contributed by atoms with Crippen LogP contribution < -0.4 is 16.0 Å². The molecule has 2 fully saturated rings. The molecular weight excluding hydrogens is 538 g/mol. The molecule has 214 valence electrons. The molecule has 41 heavy (non-hydrogen) atoms. The highest BCUT2D eigenvalue weighted by atomic mass is 35.5. The van der Waals surface area contributed by atoms with Gasteiger partial charge in [-0.15, -0.1) is 0 Å². The maximum Gasteiger partial charge on any atom is 0.250 e. The van der Waals surface area contributed by atoms with E-state index >= 15 is 0 Å². The number of piperidine rings is 1. The molecule has 8 nitrogen and oxygen atoms in total. The van der Waals surface area contributed by atoms with Gasteiger partial charge in [0.15, 0.2) is 0 Å². The number of nitrogens with zero attached hydrogens (tertiary/aromatic N) is 3. The monoisotopic (exact) mass is 573 g/mol. The molecule has 2 aliphatic rings. The number of hydrogen-bond acceptors (Lipinski definition) is 5. The van der Waals surface area contributed by atoms with Gasteiger partial charge in [0.25, 0.3) is 5.91 Å². The Morgan fingerprint density at radius 1 is 0.902 bits per heavy atom. The number of carbonyl (C=O) groups is 3. The number of amides is 3. The zero-order valence-electron chi connectivity index (χ0n) is 23.0. The van der Waals surface area contributed by atoms with Crippen LogP contribution in [0.3, 0.4) is 0 Å². The highest BCUT2D eigenvalue weighted by Gasteiger charge is 2.54. The molecule has 3 aromatic carbocycles. The molecular formula is C32H36ClN5O3. The number of nitrogens with two attached hydrogens (primary N) is 1. The van der Waals surface area contributed by atoms with Crippen molar-refractivity contribution in [2.24, 2.45) is 5.73 Å². The lowest BCUT2D eigenvalue weighted by atomic mass is 9.85. The van der Waals surface area contributed by atoms with Crippen molar-refractivity contribution >= 4 is 35.0 Å². The summed E-state index contributed by atoms with van der Waals surface area (Å²) in [7, 11) is 0. The zero-order valence-corrected chi connectivity index (χ0v) is 23.8. The summed E-state index contributed by atoms with van der Waals surface area (Å²) in [6.45, 7) is 1.65. The van der Waals surface area contributed by atoms with Crippen molar-refractivity contribution in [3.63, 3.8) is 0 Å². The molecule has 0 bridgehead atoms. The number of benzene rings is 3. The van der Waals surface area contributed by atoms with Gasteiger partial charge >= 0.3 is 0 Å². The van der Waals surface area contributed by atoms with Crippen LogP contribution >= 0.6 is 11.6 Å². The van der Waals surface area contributed by atoms with E-state index in [1.165, 1.54) is 0 Å². The maximum atomic E-state index is 13.9. The summed E-state index contributed by atoms with van der Waals surface area (Å²) in [6, 6.07) is 26.4. The standard InChI is InChI=1S/C32H36ClN5O3/c33-26-13-11-25(12-14-26)21-28(34)30(40)36-19-16-32(17-20-36)31(41)37(23-38(32)27-9-5-2-6-10-27)22-29(39)35-18-15-24-7-3-1-4-8-24/h1-14,28H,15-23,34H2,(H,35,39)/t28-/m1/s1. The lowest BCUT2D eigenvalue weighted by Crippen LogP contribution is -2.59. The van der Waals surface area contributed by atoms with Crippen molar-refractivity contribution in [3.05, 3.63) is 101 Å². The molecule has 0 aromatic heterocycles. The van der Waals surface area contributed by atoms with Crippen LogP contribution in [0.2, 0.25) is 5.02 Å². The summed E-state index contributed by atoms with van der Waals surface area (Å²) in [4.78, 5) is 45.5. The summed E-state index contributed by atoms with van der Waals surface area (Å²) in [5, 5.41) is 3.59. The Balaban J connectivity index is 1.23. The van der Waals surface area contributed by atoms with E-state index < -0.39 is 11.6 Å². The number of nitrogens with one attached hydrogen (secondary N) is 1.